The Kier molecular flexibility index (Phi) is 6.35. The van der Waals surface area contributed by atoms with E-state index in [-0.39, 0.29) is 11.7 Å². The molecule has 33 heavy (non-hydrogen) atoms. The summed E-state index contributed by atoms with van der Waals surface area (Å²) < 4.78 is 53.3. The third-order valence-corrected chi connectivity index (χ3v) is 5.69. The van der Waals surface area contributed by atoms with Crippen LogP contribution in [0, 0.1) is 5.82 Å². The van der Waals surface area contributed by atoms with Crippen molar-refractivity contribution in [3.63, 3.8) is 0 Å². The molecule has 1 aromatic carbocycles. The van der Waals surface area contributed by atoms with Crippen LogP contribution in [0.4, 0.5) is 23.4 Å². The number of nitrogens with zero attached hydrogens (tertiary/aromatic N) is 5. The summed E-state index contributed by atoms with van der Waals surface area (Å²) in [6, 6.07) is 8.29. The fourth-order valence-corrected chi connectivity index (χ4v) is 3.96. The van der Waals surface area contributed by atoms with E-state index in [4.69, 9.17) is 0 Å². The van der Waals surface area contributed by atoms with Crippen LogP contribution >= 0.6 is 0 Å². The molecule has 3 heterocycles. The lowest BCUT2D eigenvalue weighted by Gasteiger charge is -2.23. The Morgan fingerprint density at radius 2 is 1.76 bits per heavy atom. The summed E-state index contributed by atoms with van der Waals surface area (Å²) in [7, 11) is 0. The molecule has 1 aliphatic rings. The molecule has 6 nitrogen and oxygen atoms in total. The zero-order chi connectivity index (χ0) is 23.6. The SMILES string of the molecule is CCc1c(C(=O)N2CCCN(c3ccc(C(F)(F)F)cn3)CC2)cnn1-c1ccc(F)cc1. The Balaban J connectivity index is 1.48. The van der Waals surface area contributed by atoms with Gasteiger partial charge >= 0.3 is 6.18 Å². The van der Waals surface area contributed by atoms with Gasteiger partial charge in [-0.1, -0.05) is 6.92 Å². The second kappa shape index (κ2) is 9.21. The second-order valence-electron chi connectivity index (χ2n) is 7.78. The van der Waals surface area contributed by atoms with E-state index < -0.39 is 11.7 Å². The highest BCUT2D eigenvalue weighted by Crippen LogP contribution is 2.29. The number of pyridine rings is 1. The number of halogens is 4. The van der Waals surface area contributed by atoms with E-state index >= 15 is 0 Å². The van der Waals surface area contributed by atoms with Crippen molar-refractivity contribution in [2.24, 2.45) is 0 Å². The van der Waals surface area contributed by atoms with Gasteiger partial charge in [-0.25, -0.2) is 14.1 Å². The molecule has 0 atom stereocenters. The van der Waals surface area contributed by atoms with Gasteiger partial charge in [-0.2, -0.15) is 18.3 Å². The fourth-order valence-electron chi connectivity index (χ4n) is 3.96. The molecule has 3 aromatic rings. The molecule has 1 saturated heterocycles. The average Bonchev–Trinajstić information content (AvgIpc) is 3.07. The lowest BCUT2D eigenvalue weighted by molar-refractivity contribution is -0.137. The van der Waals surface area contributed by atoms with Gasteiger partial charge in [-0.3, -0.25) is 4.79 Å². The maximum absolute atomic E-state index is 13.3. The monoisotopic (exact) mass is 461 g/mol. The van der Waals surface area contributed by atoms with Gasteiger partial charge in [0.05, 0.1) is 28.7 Å². The van der Waals surface area contributed by atoms with Crippen molar-refractivity contribution in [1.29, 1.82) is 0 Å². The lowest BCUT2D eigenvalue weighted by Crippen LogP contribution is -2.35. The number of carbonyl (C=O) groups is 1. The summed E-state index contributed by atoms with van der Waals surface area (Å²) in [5.41, 5.74) is 1.10. The van der Waals surface area contributed by atoms with Crippen molar-refractivity contribution < 1.29 is 22.4 Å². The maximum Gasteiger partial charge on any atom is 0.417 e. The van der Waals surface area contributed by atoms with Gasteiger partial charge in [0.15, 0.2) is 0 Å². The standard InChI is InChI=1S/C23H23F4N5O/c1-2-20-19(15-29-32(20)18-7-5-17(24)6-8-18)22(33)31-11-3-10-30(12-13-31)21-9-4-16(14-28-21)23(25,26)27/h4-9,14-15H,2-3,10-13H2,1H3. The molecule has 0 saturated carbocycles. The summed E-state index contributed by atoms with van der Waals surface area (Å²) in [6.45, 7) is 3.89. The number of carbonyl (C=O) groups excluding carboxylic acids is 1. The predicted octanol–water partition coefficient (Wildman–Crippen LogP) is 4.34. The predicted molar refractivity (Wildman–Crippen MR) is 115 cm³/mol. The number of aromatic nitrogens is 3. The molecule has 4 rings (SSSR count). The highest BCUT2D eigenvalue weighted by atomic mass is 19.4. The first-order valence-electron chi connectivity index (χ1n) is 10.7. The lowest BCUT2D eigenvalue weighted by atomic mass is 10.1. The number of rotatable bonds is 4. The van der Waals surface area contributed by atoms with Crippen LogP contribution in [0.15, 0.2) is 48.8 Å². The minimum absolute atomic E-state index is 0.151. The topological polar surface area (TPSA) is 54.3 Å². The van der Waals surface area contributed by atoms with Crippen molar-refractivity contribution in [2.45, 2.75) is 25.9 Å². The Bertz CT molecular complexity index is 1110. The van der Waals surface area contributed by atoms with Gasteiger partial charge in [0.25, 0.3) is 5.91 Å². The number of hydrogen-bond acceptors (Lipinski definition) is 4. The molecule has 2 aromatic heterocycles. The number of anilines is 1. The van der Waals surface area contributed by atoms with Gasteiger partial charge in [0.1, 0.15) is 11.6 Å². The molecule has 1 fully saturated rings. The van der Waals surface area contributed by atoms with Crippen molar-refractivity contribution in [2.75, 3.05) is 31.1 Å². The van der Waals surface area contributed by atoms with Crippen LogP contribution in [0.3, 0.4) is 0 Å². The Hall–Kier alpha value is -3.43. The highest BCUT2D eigenvalue weighted by Gasteiger charge is 2.31. The zero-order valence-corrected chi connectivity index (χ0v) is 18.0. The summed E-state index contributed by atoms with van der Waals surface area (Å²) in [6.07, 6.45) is -0.843. The van der Waals surface area contributed by atoms with Gasteiger partial charge < -0.3 is 9.80 Å². The molecule has 0 aliphatic carbocycles. The van der Waals surface area contributed by atoms with Crippen LogP contribution in [0.25, 0.3) is 5.69 Å². The molecule has 174 valence electrons. The average molecular weight is 461 g/mol. The molecule has 10 heteroatoms. The zero-order valence-electron chi connectivity index (χ0n) is 18.0. The highest BCUT2D eigenvalue weighted by molar-refractivity contribution is 5.95. The van der Waals surface area contributed by atoms with Crippen LogP contribution in [0.2, 0.25) is 0 Å². The van der Waals surface area contributed by atoms with E-state index in [0.29, 0.717) is 56.1 Å². The smallest absolute Gasteiger partial charge is 0.355 e. The van der Waals surface area contributed by atoms with Crippen LogP contribution < -0.4 is 4.90 Å². The van der Waals surface area contributed by atoms with Crippen molar-refractivity contribution in [3.05, 3.63) is 71.4 Å². The molecular weight excluding hydrogens is 438 g/mol. The Morgan fingerprint density at radius 1 is 1.00 bits per heavy atom. The molecular formula is C23H23F4N5O. The quantitative estimate of drug-likeness (QED) is 0.543. The third-order valence-electron chi connectivity index (χ3n) is 5.69. The first-order valence-corrected chi connectivity index (χ1v) is 10.7. The molecule has 0 spiro atoms. The number of alkyl halides is 3. The Labute approximate surface area is 188 Å². The Morgan fingerprint density at radius 3 is 2.39 bits per heavy atom. The van der Waals surface area contributed by atoms with Crippen LogP contribution in [-0.4, -0.2) is 51.8 Å². The van der Waals surface area contributed by atoms with Crippen LogP contribution in [-0.2, 0) is 12.6 Å². The third kappa shape index (κ3) is 4.84. The molecule has 0 bridgehead atoms. The van der Waals surface area contributed by atoms with Crippen molar-refractivity contribution >= 4 is 11.7 Å². The number of benzene rings is 1. The van der Waals surface area contributed by atoms with Gasteiger partial charge in [-0.05, 0) is 49.2 Å². The minimum atomic E-state index is -4.43. The number of hydrogen-bond donors (Lipinski definition) is 0. The molecule has 0 N–H and O–H groups in total. The van der Waals surface area contributed by atoms with E-state index in [0.717, 1.165) is 18.0 Å². The molecule has 1 aliphatic heterocycles. The summed E-state index contributed by atoms with van der Waals surface area (Å²) in [5, 5.41) is 4.35. The normalized spacial score (nSPS) is 14.9. The molecule has 0 radical (unpaired) electrons. The fraction of sp³-hybridized carbons (Fsp3) is 0.348. The summed E-state index contributed by atoms with van der Waals surface area (Å²) in [4.78, 5) is 20.9. The van der Waals surface area contributed by atoms with Crippen LogP contribution in [0.1, 0.15) is 35.0 Å². The van der Waals surface area contributed by atoms with Crippen molar-refractivity contribution in [1.82, 2.24) is 19.7 Å². The molecule has 1 amide bonds. The van der Waals surface area contributed by atoms with Crippen LogP contribution in [0.5, 0.6) is 0 Å². The van der Waals surface area contributed by atoms with E-state index in [2.05, 4.69) is 10.1 Å². The van der Waals surface area contributed by atoms with E-state index in [1.165, 1.54) is 24.4 Å². The van der Waals surface area contributed by atoms with Gasteiger partial charge in [-0.15, -0.1) is 0 Å². The summed E-state index contributed by atoms with van der Waals surface area (Å²) in [5.74, 6) is -0.0463. The second-order valence-corrected chi connectivity index (χ2v) is 7.78. The first kappa shape index (κ1) is 22.8. The van der Waals surface area contributed by atoms with E-state index in [9.17, 15) is 22.4 Å². The minimum Gasteiger partial charge on any atom is -0.355 e. The van der Waals surface area contributed by atoms with Crippen molar-refractivity contribution in [3.8, 4) is 5.69 Å². The van der Waals surface area contributed by atoms with E-state index in [1.807, 2.05) is 11.8 Å². The summed E-state index contributed by atoms with van der Waals surface area (Å²) >= 11 is 0. The molecule has 0 unspecified atom stereocenters. The maximum atomic E-state index is 13.3. The number of amides is 1. The van der Waals surface area contributed by atoms with E-state index in [1.54, 1.807) is 21.7 Å². The first-order chi connectivity index (χ1) is 15.8. The van der Waals surface area contributed by atoms with Gasteiger partial charge in [0.2, 0.25) is 0 Å². The largest absolute Gasteiger partial charge is 0.417 e. The van der Waals surface area contributed by atoms with Gasteiger partial charge in [0, 0.05) is 32.4 Å².